The first-order valence-corrected chi connectivity index (χ1v) is 7.67. The van der Waals surface area contributed by atoms with E-state index in [0.29, 0.717) is 12.3 Å². The summed E-state index contributed by atoms with van der Waals surface area (Å²) >= 11 is 0. The molecule has 112 valence electrons. The van der Waals surface area contributed by atoms with Gasteiger partial charge in [0, 0.05) is 6.54 Å². The minimum atomic E-state index is -1.65. The van der Waals surface area contributed by atoms with E-state index in [1.54, 1.807) is 18.2 Å². The summed E-state index contributed by atoms with van der Waals surface area (Å²) in [6.07, 6.45) is 0. The van der Waals surface area contributed by atoms with Gasteiger partial charge in [0.15, 0.2) is 0 Å². The molecule has 0 aliphatic rings. The normalized spacial score (nSPS) is 12.1. The van der Waals surface area contributed by atoms with Crippen LogP contribution >= 0.6 is 0 Å². The highest BCUT2D eigenvalue weighted by Gasteiger charge is 2.11. The maximum atomic E-state index is 13.5. The lowest BCUT2D eigenvalue weighted by Gasteiger charge is -2.08. The van der Waals surface area contributed by atoms with E-state index in [1.807, 2.05) is 6.07 Å². The molecule has 1 unspecified atom stereocenters. The lowest BCUT2D eigenvalue weighted by molar-refractivity contribution is 0.342. The monoisotopic (exact) mass is 311 g/mol. The molecule has 3 nitrogen and oxygen atoms in total. The molecule has 0 aliphatic carbocycles. The Kier molecular flexibility index (Phi) is 5.41. The van der Waals surface area contributed by atoms with E-state index in [4.69, 9.17) is 10.5 Å². The Balaban J connectivity index is 1.93. The first kappa shape index (κ1) is 15.6. The van der Waals surface area contributed by atoms with Crippen molar-refractivity contribution in [2.75, 3.05) is 12.4 Å². The Morgan fingerprint density at radius 1 is 1.14 bits per heavy atom. The molecular weight excluding hydrogens is 296 g/mol. The molecule has 2 aromatic carbocycles. The first-order chi connectivity index (χ1) is 10.1. The Bertz CT molecular complexity index is 649. The van der Waals surface area contributed by atoms with Crippen LogP contribution in [-0.4, -0.2) is 16.6 Å². The third kappa shape index (κ3) is 4.34. The number of hydrogen-bond donors (Lipinski definition) is 1. The minimum Gasteiger partial charge on any atom is -0.493 e. The molecule has 0 radical (unpaired) electrons. The fourth-order valence-electron chi connectivity index (χ4n) is 1.76. The van der Waals surface area contributed by atoms with Gasteiger partial charge in [-0.25, -0.2) is 8.78 Å². The third-order valence-electron chi connectivity index (χ3n) is 2.81. The summed E-state index contributed by atoms with van der Waals surface area (Å²) in [6.45, 7) is 0.536. The second-order valence-electron chi connectivity index (χ2n) is 4.32. The van der Waals surface area contributed by atoms with Crippen molar-refractivity contribution in [3.05, 3.63) is 59.7 Å². The maximum Gasteiger partial charge on any atom is 0.139 e. The smallest absolute Gasteiger partial charge is 0.139 e. The molecule has 0 spiro atoms. The molecule has 0 bridgehead atoms. The number of nitrogens with two attached hydrogens (primary N) is 1. The average molecular weight is 311 g/mol. The van der Waals surface area contributed by atoms with Gasteiger partial charge in [0.1, 0.15) is 24.0 Å². The largest absolute Gasteiger partial charge is 0.493 e. The summed E-state index contributed by atoms with van der Waals surface area (Å²) in [4.78, 5) is -0.144. The molecule has 2 N–H and O–H groups in total. The lowest BCUT2D eigenvalue weighted by Crippen LogP contribution is -2.10. The highest BCUT2D eigenvalue weighted by atomic mass is 32.2. The van der Waals surface area contributed by atoms with Crippen molar-refractivity contribution in [3.63, 3.8) is 0 Å². The zero-order valence-corrected chi connectivity index (χ0v) is 12.0. The van der Waals surface area contributed by atoms with Crippen LogP contribution < -0.4 is 10.5 Å². The number of rotatable bonds is 6. The van der Waals surface area contributed by atoms with Crippen molar-refractivity contribution < 1.29 is 17.7 Å². The minimum absolute atomic E-state index is 0.0766. The Hall–Kier alpha value is -1.79. The van der Waals surface area contributed by atoms with Crippen LogP contribution in [0, 0.1) is 11.6 Å². The van der Waals surface area contributed by atoms with Gasteiger partial charge in [0.25, 0.3) is 0 Å². The topological polar surface area (TPSA) is 52.3 Å². The second-order valence-corrected chi connectivity index (χ2v) is 5.86. The van der Waals surface area contributed by atoms with Gasteiger partial charge in [-0.3, -0.25) is 4.21 Å². The van der Waals surface area contributed by atoms with Crippen LogP contribution in [0.1, 0.15) is 5.56 Å². The summed E-state index contributed by atoms with van der Waals surface area (Å²) in [5.41, 5.74) is 6.44. The molecule has 21 heavy (non-hydrogen) atoms. The predicted octanol–water partition coefficient (Wildman–Crippen LogP) is 2.61. The van der Waals surface area contributed by atoms with Crippen molar-refractivity contribution in [2.24, 2.45) is 5.73 Å². The van der Waals surface area contributed by atoms with Gasteiger partial charge >= 0.3 is 0 Å². The number of benzene rings is 2. The van der Waals surface area contributed by atoms with Gasteiger partial charge < -0.3 is 10.5 Å². The van der Waals surface area contributed by atoms with Crippen molar-refractivity contribution in [2.45, 2.75) is 11.4 Å². The molecule has 0 aliphatic heterocycles. The number of hydrogen-bond acceptors (Lipinski definition) is 3. The third-order valence-corrected chi connectivity index (χ3v) is 4.15. The van der Waals surface area contributed by atoms with Gasteiger partial charge in [-0.15, -0.1) is 0 Å². The molecule has 0 heterocycles. The van der Waals surface area contributed by atoms with Crippen LogP contribution in [0.3, 0.4) is 0 Å². The average Bonchev–Trinajstić information content (AvgIpc) is 2.49. The van der Waals surface area contributed by atoms with Crippen LogP contribution in [0.25, 0.3) is 0 Å². The highest BCUT2D eigenvalue weighted by Crippen LogP contribution is 2.16. The van der Waals surface area contributed by atoms with E-state index in [2.05, 4.69) is 0 Å². The van der Waals surface area contributed by atoms with Crippen LogP contribution in [-0.2, 0) is 17.3 Å². The molecule has 0 saturated carbocycles. The van der Waals surface area contributed by atoms with Crippen LogP contribution in [0.5, 0.6) is 5.75 Å². The van der Waals surface area contributed by atoms with Gasteiger partial charge in [0.05, 0.1) is 21.4 Å². The van der Waals surface area contributed by atoms with Crippen molar-refractivity contribution in [1.29, 1.82) is 0 Å². The molecule has 0 amide bonds. The summed E-state index contributed by atoms with van der Waals surface area (Å²) in [7, 11) is -1.65. The standard InChI is InChI=1S/C15H15F2NO2S/c16-12-4-5-14(17)15(9-12)21(19)7-6-20-13-3-1-2-11(8-13)10-18/h1-5,8-9H,6-7,10,18H2. The van der Waals surface area contributed by atoms with Crippen molar-refractivity contribution in [3.8, 4) is 5.75 Å². The maximum absolute atomic E-state index is 13.5. The van der Waals surface area contributed by atoms with Crippen LogP contribution in [0.15, 0.2) is 47.4 Å². The van der Waals surface area contributed by atoms with E-state index >= 15 is 0 Å². The summed E-state index contributed by atoms with van der Waals surface area (Å²) in [5.74, 6) is -0.612. The Morgan fingerprint density at radius 3 is 2.71 bits per heavy atom. The molecule has 2 aromatic rings. The zero-order chi connectivity index (χ0) is 15.2. The fourth-order valence-corrected chi connectivity index (χ4v) is 2.74. The van der Waals surface area contributed by atoms with Gasteiger partial charge in [-0.1, -0.05) is 12.1 Å². The van der Waals surface area contributed by atoms with E-state index in [-0.39, 0.29) is 17.3 Å². The van der Waals surface area contributed by atoms with Crippen LogP contribution in [0.2, 0.25) is 0 Å². The molecule has 2 rings (SSSR count). The van der Waals surface area contributed by atoms with E-state index in [0.717, 1.165) is 23.8 Å². The number of ether oxygens (including phenoxy) is 1. The molecule has 1 atom stereocenters. The first-order valence-electron chi connectivity index (χ1n) is 6.35. The molecule has 6 heteroatoms. The number of halogens is 2. The lowest BCUT2D eigenvalue weighted by atomic mass is 10.2. The quantitative estimate of drug-likeness (QED) is 0.892. The Labute approximate surface area is 124 Å². The summed E-state index contributed by atoms with van der Waals surface area (Å²) in [5, 5.41) is 0. The van der Waals surface area contributed by atoms with Crippen LogP contribution in [0.4, 0.5) is 8.78 Å². The van der Waals surface area contributed by atoms with E-state index in [1.165, 1.54) is 0 Å². The van der Waals surface area contributed by atoms with Gasteiger partial charge in [0.2, 0.25) is 0 Å². The zero-order valence-electron chi connectivity index (χ0n) is 11.2. The van der Waals surface area contributed by atoms with E-state index in [9.17, 15) is 13.0 Å². The molecule has 0 aromatic heterocycles. The molecule has 0 fully saturated rings. The van der Waals surface area contributed by atoms with Gasteiger partial charge in [-0.05, 0) is 35.9 Å². The van der Waals surface area contributed by atoms with E-state index < -0.39 is 22.4 Å². The van der Waals surface area contributed by atoms with Gasteiger partial charge in [-0.2, -0.15) is 0 Å². The molecule has 0 saturated heterocycles. The summed E-state index contributed by atoms with van der Waals surface area (Å²) < 4.78 is 43.9. The Morgan fingerprint density at radius 2 is 1.95 bits per heavy atom. The SMILES string of the molecule is NCc1cccc(OCCS(=O)c2cc(F)ccc2F)c1. The van der Waals surface area contributed by atoms with Crippen molar-refractivity contribution in [1.82, 2.24) is 0 Å². The second kappa shape index (κ2) is 7.28. The predicted molar refractivity (Wildman–Crippen MR) is 77.5 cm³/mol. The fraction of sp³-hybridized carbons (Fsp3) is 0.200. The summed E-state index contributed by atoms with van der Waals surface area (Å²) in [6, 6.07) is 10.1. The highest BCUT2D eigenvalue weighted by molar-refractivity contribution is 7.85. The van der Waals surface area contributed by atoms with Crippen molar-refractivity contribution >= 4 is 10.8 Å². The molecular formula is C15H15F2NO2S.